The Morgan fingerprint density at radius 3 is 2.87 bits per heavy atom. The van der Waals surface area contributed by atoms with Gasteiger partial charge in [0.05, 0.1) is 13.1 Å². The van der Waals surface area contributed by atoms with Crippen molar-refractivity contribution in [3.63, 3.8) is 0 Å². The highest BCUT2D eigenvalue weighted by Gasteiger charge is 2.03. The van der Waals surface area contributed by atoms with Gasteiger partial charge in [-0.2, -0.15) is 0 Å². The fraction of sp³-hybridized carbons (Fsp3) is 0.667. The van der Waals surface area contributed by atoms with Gasteiger partial charge in [0.25, 0.3) is 0 Å². The molecule has 84 valence electrons. The normalized spacial score (nSPS) is 10.3. The van der Waals surface area contributed by atoms with Crippen molar-refractivity contribution in [1.29, 1.82) is 0 Å². The molecule has 0 bridgehead atoms. The van der Waals surface area contributed by atoms with E-state index in [9.17, 15) is 4.79 Å². The summed E-state index contributed by atoms with van der Waals surface area (Å²) in [5, 5.41) is 13.1. The van der Waals surface area contributed by atoms with Gasteiger partial charge in [-0.05, 0) is 6.42 Å². The molecule has 0 saturated heterocycles. The summed E-state index contributed by atoms with van der Waals surface area (Å²) >= 11 is 0. The van der Waals surface area contributed by atoms with Crippen LogP contribution in [0.2, 0.25) is 0 Å². The van der Waals surface area contributed by atoms with Gasteiger partial charge in [-0.25, -0.2) is 0 Å². The summed E-state index contributed by atoms with van der Waals surface area (Å²) < 4.78 is 5.13. The van der Waals surface area contributed by atoms with Crippen LogP contribution < -0.4 is 10.6 Å². The van der Waals surface area contributed by atoms with Crippen LogP contribution in [0.5, 0.6) is 0 Å². The van der Waals surface area contributed by atoms with E-state index in [-0.39, 0.29) is 12.5 Å². The predicted octanol–water partition coefficient (Wildman–Crippen LogP) is -0.00618. The highest BCUT2D eigenvalue weighted by molar-refractivity contribution is 5.77. The molecule has 1 rings (SSSR count). The lowest BCUT2D eigenvalue weighted by atomic mass is 10.4. The Bertz CT molecular complexity index is 311. The number of amides is 1. The van der Waals surface area contributed by atoms with Crippen LogP contribution in [0.1, 0.15) is 25.1 Å². The molecule has 0 aromatic carbocycles. The van der Waals surface area contributed by atoms with Crippen molar-refractivity contribution in [1.82, 2.24) is 20.8 Å². The first-order valence-electron chi connectivity index (χ1n) is 4.98. The van der Waals surface area contributed by atoms with E-state index in [2.05, 4.69) is 20.8 Å². The van der Waals surface area contributed by atoms with Gasteiger partial charge in [-0.1, -0.05) is 6.92 Å². The number of carbonyl (C=O) groups is 1. The van der Waals surface area contributed by atoms with Gasteiger partial charge in [0.15, 0.2) is 0 Å². The molecule has 6 heteroatoms. The Kier molecular flexibility index (Phi) is 4.76. The number of aromatic nitrogens is 2. The van der Waals surface area contributed by atoms with E-state index in [0.29, 0.717) is 24.9 Å². The molecule has 6 nitrogen and oxygen atoms in total. The lowest BCUT2D eigenvalue weighted by Crippen LogP contribution is -2.33. The third-order valence-electron chi connectivity index (χ3n) is 1.70. The molecule has 15 heavy (non-hydrogen) atoms. The molecule has 0 spiro atoms. The van der Waals surface area contributed by atoms with Gasteiger partial charge in [0.2, 0.25) is 17.7 Å². The lowest BCUT2D eigenvalue weighted by Gasteiger charge is -2.03. The molecule has 1 aromatic rings. The van der Waals surface area contributed by atoms with Gasteiger partial charge in [-0.3, -0.25) is 10.1 Å². The van der Waals surface area contributed by atoms with E-state index < -0.39 is 0 Å². The van der Waals surface area contributed by atoms with Crippen molar-refractivity contribution in [2.45, 2.75) is 26.8 Å². The molecule has 1 aromatic heterocycles. The summed E-state index contributed by atoms with van der Waals surface area (Å²) in [7, 11) is 0. The molecular formula is C9H16N4O2. The molecule has 0 saturated carbocycles. The Morgan fingerprint density at radius 2 is 2.27 bits per heavy atom. The van der Waals surface area contributed by atoms with Crippen LogP contribution >= 0.6 is 0 Å². The summed E-state index contributed by atoms with van der Waals surface area (Å²) in [6.07, 6.45) is 0.939. The number of hydrogen-bond acceptors (Lipinski definition) is 5. The largest absolute Gasteiger partial charge is 0.424 e. The van der Waals surface area contributed by atoms with Gasteiger partial charge in [-0.15, -0.1) is 10.2 Å². The molecule has 0 radical (unpaired) electrons. The maximum Gasteiger partial charge on any atom is 0.233 e. The zero-order valence-corrected chi connectivity index (χ0v) is 9.04. The third kappa shape index (κ3) is 4.55. The average Bonchev–Trinajstić information content (AvgIpc) is 2.61. The Labute approximate surface area is 88.4 Å². The van der Waals surface area contributed by atoms with Crippen LogP contribution in [0.3, 0.4) is 0 Å². The Morgan fingerprint density at radius 1 is 1.47 bits per heavy atom. The van der Waals surface area contributed by atoms with Crippen LogP contribution in [0, 0.1) is 6.92 Å². The number of hydrogen-bond donors (Lipinski definition) is 2. The monoisotopic (exact) mass is 212 g/mol. The second-order valence-electron chi connectivity index (χ2n) is 3.17. The van der Waals surface area contributed by atoms with Crippen LogP contribution in [0.4, 0.5) is 0 Å². The summed E-state index contributed by atoms with van der Waals surface area (Å²) in [5.74, 6) is 1.01. The smallest absolute Gasteiger partial charge is 0.233 e. The molecule has 0 fully saturated rings. The predicted molar refractivity (Wildman–Crippen MR) is 54.0 cm³/mol. The second kappa shape index (κ2) is 6.13. The third-order valence-corrected chi connectivity index (χ3v) is 1.70. The molecule has 0 aliphatic heterocycles. The molecule has 0 aliphatic rings. The van der Waals surface area contributed by atoms with Crippen molar-refractivity contribution in [2.24, 2.45) is 0 Å². The first-order chi connectivity index (χ1) is 7.22. The van der Waals surface area contributed by atoms with Gasteiger partial charge in [0.1, 0.15) is 0 Å². The summed E-state index contributed by atoms with van der Waals surface area (Å²) in [6.45, 7) is 5.13. The van der Waals surface area contributed by atoms with E-state index in [4.69, 9.17) is 4.42 Å². The number of nitrogens with zero attached hydrogens (tertiary/aromatic N) is 2. The van der Waals surface area contributed by atoms with E-state index >= 15 is 0 Å². The molecule has 2 N–H and O–H groups in total. The molecule has 0 unspecified atom stereocenters. The van der Waals surface area contributed by atoms with Crippen molar-refractivity contribution in [3.8, 4) is 0 Å². The van der Waals surface area contributed by atoms with Crippen LogP contribution in [0.15, 0.2) is 4.42 Å². The maximum absolute atomic E-state index is 11.2. The van der Waals surface area contributed by atoms with Gasteiger partial charge < -0.3 is 9.73 Å². The standard InChI is InChI=1S/C9H16N4O2/c1-3-4-11-8(14)5-10-6-9-13-12-7(2)15-9/h10H,3-6H2,1-2H3,(H,11,14). The Hall–Kier alpha value is -1.43. The van der Waals surface area contributed by atoms with E-state index in [1.165, 1.54) is 0 Å². The van der Waals surface area contributed by atoms with Crippen molar-refractivity contribution in [3.05, 3.63) is 11.8 Å². The van der Waals surface area contributed by atoms with E-state index in [1.807, 2.05) is 6.92 Å². The minimum atomic E-state index is -0.0203. The zero-order valence-electron chi connectivity index (χ0n) is 9.04. The van der Waals surface area contributed by atoms with E-state index in [1.54, 1.807) is 6.92 Å². The fourth-order valence-corrected chi connectivity index (χ4v) is 1.02. The summed E-state index contributed by atoms with van der Waals surface area (Å²) in [6, 6.07) is 0. The maximum atomic E-state index is 11.2. The van der Waals surface area contributed by atoms with Crippen molar-refractivity contribution < 1.29 is 9.21 Å². The minimum absolute atomic E-state index is 0.0203. The second-order valence-corrected chi connectivity index (χ2v) is 3.17. The van der Waals surface area contributed by atoms with Crippen molar-refractivity contribution in [2.75, 3.05) is 13.1 Å². The number of rotatable bonds is 6. The van der Waals surface area contributed by atoms with Crippen LogP contribution in [-0.2, 0) is 11.3 Å². The van der Waals surface area contributed by atoms with Gasteiger partial charge >= 0.3 is 0 Å². The zero-order chi connectivity index (χ0) is 11.1. The molecule has 1 heterocycles. The average molecular weight is 212 g/mol. The van der Waals surface area contributed by atoms with E-state index in [0.717, 1.165) is 6.42 Å². The number of nitrogens with one attached hydrogen (secondary N) is 2. The van der Waals surface area contributed by atoms with Gasteiger partial charge in [0, 0.05) is 13.5 Å². The molecular weight excluding hydrogens is 196 g/mol. The number of aryl methyl sites for hydroxylation is 1. The summed E-state index contributed by atoms with van der Waals surface area (Å²) in [4.78, 5) is 11.2. The van der Waals surface area contributed by atoms with Crippen molar-refractivity contribution >= 4 is 5.91 Å². The topological polar surface area (TPSA) is 80.0 Å². The SMILES string of the molecule is CCCNC(=O)CNCc1nnc(C)o1. The quantitative estimate of drug-likeness (QED) is 0.693. The highest BCUT2D eigenvalue weighted by Crippen LogP contribution is 1.95. The lowest BCUT2D eigenvalue weighted by molar-refractivity contribution is -0.120. The molecule has 0 atom stereocenters. The Balaban J connectivity index is 2.13. The molecule has 0 aliphatic carbocycles. The number of carbonyl (C=O) groups excluding carboxylic acids is 1. The minimum Gasteiger partial charge on any atom is -0.424 e. The highest BCUT2D eigenvalue weighted by atomic mass is 16.4. The molecule has 1 amide bonds. The van der Waals surface area contributed by atoms with Crippen LogP contribution in [0.25, 0.3) is 0 Å². The first kappa shape index (κ1) is 11.6. The first-order valence-corrected chi connectivity index (χ1v) is 4.98. The summed E-state index contributed by atoms with van der Waals surface area (Å²) in [5.41, 5.74) is 0. The van der Waals surface area contributed by atoms with Crippen LogP contribution in [-0.4, -0.2) is 29.2 Å². The fourth-order valence-electron chi connectivity index (χ4n) is 1.02.